The van der Waals surface area contributed by atoms with E-state index in [1.807, 2.05) is 0 Å². The van der Waals surface area contributed by atoms with E-state index in [1.54, 1.807) is 6.33 Å². The van der Waals surface area contributed by atoms with Gasteiger partial charge in [0.15, 0.2) is 0 Å². The van der Waals surface area contributed by atoms with Crippen LogP contribution in [-0.2, 0) is 19.4 Å². The van der Waals surface area contributed by atoms with Crippen LogP contribution < -0.4 is 4.90 Å². The molecule has 0 bridgehead atoms. The number of hydrogen-bond donors (Lipinski definition) is 0. The fourth-order valence-electron chi connectivity index (χ4n) is 3.83. The summed E-state index contributed by atoms with van der Waals surface area (Å²) in [5.41, 5.74) is 4.87. The number of rotatable bonds is 3. The van der Waals surface area contributed by atoms with Crippen molar-refractivity contribution in [2.24, 2.45) is 0 Å². The maximum atomic E-state index is 4.65. The molecule has 0 aliphatic carbocycles. The molecule has 1 fully saturated rings. The van der Waals surface area contributed by atoms with E-state index in [0.29, 0.717) is 0 Å². The topological polar surface area (TPSA) is 45.2 Å². The van der Waals surface area contributed by atoms with E-state index < -0.39 is 0 Å². The molecule has 5 nitrogen and oxygen atoms in total. The third kappa shape index (κ3) is 3.26. The van der Waals surface area contributed by atoms with Crippen LogP contribution in [0.2, 0.25) is 0 Å². The number of nitrogens with zero attached hydrogens (tertiary/aromatic N) is 5. The third-order valence-corrected chi connectivity index (χ3v) is 5.09. The van der Waals surface area contributed by atoms with Crippen molar-refractivity contribution in [2.75, 3.05) is 31.1 Å². The van der Waals surface area contributed by atoms with Gasteiger partial charge in [-0.3, -0.25) is 9.88 Å². The summed E-state index contributed by atoms with van der Waals surface area (Å²) in [7, 11) is 0. The smallest absolute Gasteiger partial charge is 0.135 e. The molecule has 0 unspecified atom stereocenters. The second kappa shape index (κ2) is 6.85. The third-order valence-electron chi connectivity index (χ3n) is 5.09. The molecule has 1 saturated heterocycles. The minimum atomic E-state index is 0.919. The van der Waals surface area contributed by atoms with Crippen LogP contribution in [0.4, 0.5) is 5.82 Å². The van der Waals surface area contributed by atoms with Gasteiger partial charge in [-0.15, -0.1) is 0 Å². The van der Waals surface area contributed by atoms with Crippen molar-refractivity contribution in [3.05, 3.63) is 47.2 Å². The van der Waals surface area contributed by atoms with Gasteiger partial charge in [0.2, 0.25) is 0 Å². The van der Waals surface area contributed by atoms with Gasteiger partial charge in [0.25, 0.3) is 0 Å². The highest BCUT2D eigenvalue weighted by molar-refractivity contribution is 5.50. The van der Waals surface area contributed by atoms with E-state index in [9.17, 15) is 0 Å². The number of pyridine rings is 1. The lowest BCUT2D eigenvalue weighted by molar-refractivity contribution is 0.275. The van der Waals surface area contributed by atoms with Crippen molar-refractivity contribution in [2.45, 2.75) is 39.2 Å². The Hall–Kier alpha value is -2.01. The average Bonchev–Trinajstić information content (AvgIpc) is 3.04. The highest BCUT2D eigenvalue weighted by Crippen LogP contribution is 2.26. The van der Waals surface area contributed by atoms with Crippen molar-refractivity contribution in [3.8, 4) is 0 Å². The predicted molar refractivity (Wildman–Crippen MR) is 95.1 cm³/mol. The fraction of sp³-hybridized carbons (Fsp3) is 0.526. The molecular formula is C19H25N5. The SMILES string of the molecule is Cc1cccc(CN2CCc3ncnc(N4CCCC4)c3CC2)n1. The second-order valence-electron chi connectivity index (χ2n) is 6.86. The molecule has 4 rings (SSSR count). The molecule has 4 heterocycles. The van der Waals surface area contributed by atoms with Gasteiger partial charge < -0.3 is 4.90 Å². The molecule has 126 valence electrons. The van der Waals surface area contributed by atoms with Crippen LogP contribution in [0.15, 0.2) is 24.5 Å². The Bertz CT molecular complexity index is 709. The van der Waals surface area contributed by atoms with Crippen LogP contribution >= 0.6 is 0 Å². The molecule has 2 aliphatic heterocycles. The van der Waals surface area contributed by atoms with E-state index >= 15 is 0 Å². The first-order chi connectivity index (χ1) is 11.8. The van der Waals surface area contributed by atoms with E-state index in [2.05, 4.69) is 49.9 Å². The van der Waals surface area contributed by atoms with Crippen molar-refractivity contribution < 1.29 is 0 Å². The summed E-state index contributed by atoms with van der Waals surface area (Å²) in [6.07, 6.45) is 6.36. The molecule has 2 aromatic heterocycles. The van der Waals surface area contributed by atoms with Crippen LogP contribution in [0.25, 0.3) is 0 Å². The van der Waals surface area contributed by atoms with Crippen LogP contribution in [-0.4, -0.2) is 46.0 Å². The van der Waals surface area contributed by atoms with Crippen molar-refractivity contribution in [3.63, 3.8) is 0 Å². The molecule has 2 aromatic rings. The molecule has 0 aromatic carbocycles. The summed E-state index contributed by atoms with van der Waals surface area (Å²) >= 11 is 0. The largest absolute Gasteiger partial charge is 0.356 e. The maximum absolute atomic E-state index is 4.65. The summed E-state index contributed by atoms with van der Waals surface area (Å²) in [4.78, 5) is 18.8. The lowest BCUT2D eigenvalue weighted by Crippen LogP contribution is -2.26. The summed E-state index contributed by atoms with van der Waals surface area (Å²) in [6.45, 7) is 7.35. The normalized spacial score (nSPS) is 18.5. The fourth-order valence-corrected chi connectivity index (χ4v) is 3.83. The maximum Gasteiger partial charge on any atom is 0.135 e. The van der Waals surface area contributed by atoms with Gasteiger partial charge in [-0.1, -0.05) is 6.07 Å². The second-order valence-corrected chi connectivity index (χ2v) is 6.86. The first-order valence-corrected chi connectivity index (χ1v) is 9.02. The Morgan fingerprint density at radius 3 is 2.67 bits per heavy atom. The molecule has 0 saturated carbocycles. The molecule has 5 heteroatoms. The first kappa shape index (κ1) is 15.5. The molecule has 24 heavy (non-hydrogen) atoms. The zero-order chi connectivity index (χ0) is 16.4. The highest BCUT2D eigenvalue weighted by Gasteiger charge is 2.23. The number of fused-ring (bicyclic) bond motifs is 1. The summed E-state index contributed by atoms with van der Waals surface area (Å²) in [5.74, 6) is 1.19. The molecule has 2 aliphatic rings. The van der Waals surface area contributed by atoms with E-state index in [4.69, 9.17) is 0 Å². The minimum Gasteiger partial charge on any atom is -0.356 e. The summed E-state index contributed by atoms with van der Waals surface area (Å²) in [6, 6.07) is 6.28. The lowest BCUT2D eigenvalue weighted by atomic mass is 10.1. The van der Waals surface area contributed by atoms with Crippen LogP contribution in [0.3, 0.4) is 0 Å². The summed E-state index contributed by atoms with van der Waals surface area (Å²) < 4.78 is 0. The number of aromatic nitrogens is 3. The van der Waals surface area contributed by atoms with Crippen molar-refractivity contribution in [1.82, 2.24) is 19.9 Å². The first-order valence-electron chi connectivity index (χ1n) is 9.02. The lowest BCUT2D eigenvalue weighted by Gasteiger charge is -2.21. The molecule has 0 radical (unpaired) electrons. The number of aryl methyl sites for hydroxylation is 1. The van der Waals surface area contributed by atoms with Gasteiger partial charge in [-0.25, -0.2) is 9.97 Å². The Balaban J connectivity index is 1.50. The quantitative estimate of drug-likeness (QED) is 0.868. The highest BCUT2D eigenvalue weighted by atomic mass is 15.2. The van der Waals surface area contributed by atoms with Gasteiger partial charge in [0.1, 0.15) is 12.1 Å². The zero-order valence-electron chi connectivity index (χ0n) is 14.4. The van der Waals surface area contributed by atoms with Crippen molar-refractivity contribution >= 4 is 5.82 Å². The summed E-state index contributed by atoms with van der Waals surface area (Å²) in [5, 5.41) is 0. The average molecular weight is 323 g/mol. The monoisotopic (exact) mass is 323 g/mol. The Kier molecular flexibility index (Phi) is 4.43. The Labute approximate surface area is 143 Å². The molecule has 0 N–H and O–H groups in total. The molecule has 0 spiro atoms. The number of hydrogen-bond acceptors (Lipinski definition) is 5. The zero-order valence-corrected chi connectivity index (χ0v) is 14.4. The van der Waals surface area contributed by atoms with Crippen LogP contribution in [0.5, 0.6) is 0 Å². The molecule has 0 atom stereocenters. The van der Waals surface area contributed by atoms with Gasteiger partial charge in [0, 0.05) is 50.4 Å². The van der Waals surface area contributed by atoms with E-state index in [-0.39, 0.29) is 0 Å². The van der Waals surface area contributed by atoms with Crippen LogP contribution in [0, 0.1) is 6.92 Å². The predicted octanol–water partition coefficient (Wildman–Crippen LogP) is 2.38. The standard InChI is InChI=1S/C19H25N5/c1-15-5-4-6-16(22-15)13-23-11-7-17-18(8-12-23)20-14-21-19(17)24-9-2-3-10-24/h4-6,14H,2-3,7-13H2,1H3. The minimum absolute atomic E-state index is 0.919. The molecule has 0 amide bonds. The number of anilines is 1. The van der Waals surface area contributed by atoms with Gasteiger partial charge in [-0.05, 0) is 38.3 Å². The van der Waals surface area contributed by atoms with Gasteiger partial charge in [0.05, 0.1) is 11.4 Å². The Morgan fingerprint density at radius 1 is 1.00 bits per heavy atom. The van der Waals surface area contributed by atoms with Gasteiger partial charge in [-0.2, -0.15) is 0 Å². The van der Waals surface area contributed by atoms with E-state index in [0.717, 1.165) is 57.0 Å². The molecular weight excluding hydrogens is 298 g/mol. The van der Waals surface area contributed by atoms with Gasteiger partial charge >= 0.3 is 0 Å². The van der Waals surface area contributed by atoms with E-state index in [1.165, 1.54) is 29.9 Å². The Morgan fingerprint density at radius 2 is 1.83 bits per heavy atom. The van der Waals surface area contributed by atoms with Crippen molar-refractivity contribution in [1.29, 1.82) is 0 Å². The van der Waals surface area contributed by atoms with Crippen LogP contribution in [0.1, 0.15) is 35.5 Å².